The van der Waals surface area contributed by atoms with E-state index < -0.39 is 11.2 Å². The number of nitrogens with zero attached hydrogens (tertiary/aromatic N) is 7. The van der Waals surface area contributed by atoms with Gasteiger partial charge in [0.15, 0.2) is 12.0 Å². The predicted molar refractivity (Wildman–Crippen MR) is 116 cm³/mol. The summed E-state index contributed by atoms with van der Waals surface area (Å²) >= 11 is 0. The first kappa shape index (κ1) is 21.4. The Labute approximate surface area is 183 Å². The number of fused-ring (bicyclic) bond motifs is 1. The van der Waals surface area contributed by atoms with Crippen LogP contribution in [-0.4, -0.2) is 56.1 Å². The van der Waals surface area contributed by atoms with E-state index in [-0.39, 0.29) is 36.0 Å². The van der Waals surface area contributed by atoms with Crippen molar-refractivity contribution in [3.8, 4) is 23.8 Å². The van der Waals surface area contributed by atoms with E-state index in [2.05, 4.69) is 32.0 Å². The van der Waals surface area contributed by atoms with Crippen molar-refractivity contribution in [1.82, 2.24) is 24.2 Å². The molecule has 2 aromatic heterocycles. The maximum atomic E-state index is 13.4. The molecule has 4 heterocycles. The number of rotatable bonds is 4. The fourth-order valence-corrected chi connectivity index (χ4v) is 3.94. The van der Waals surface area contributed by atoms with Gasteiger partial charge in [0.1, 0.15) is 23.8 Å². The van der Waals surface area contributed by atoms with Crippen molar-refractivity contribution in [2.75, 3.05) is 29.9 Å². The fraction of sp³-hybridized carbons (Fsp3) is 0.450. The molecule has 0 radical (unpaired) electrons. The molecular weight excluding hydrogens is 414 g/mol. The molecule has 0 aromatic carbocycles. The van der Waals surface area contributed by atoms with Gasteiger partial charge in [-0.3, -0.25) is 14.3 Å². The number of likely N-dealkylation sites (tertiary alicyclic amines) is 1. The van der Waals surface area contributed by atoms with E-state index in [1.165, 1.54) is 24.1 Å². The van der Waals surface area contributed by atoms with Crippen molar-refractivity contribution in [2.24, 2.45) is 12.8 Å². The first-order valence-electron chi connectivity index (χ1n) is 10.1. The molecule has 2 unspecified atom stereocenters. The van der Waals surface area contributed by atoms with E-state index in [0.29, 0.717) is 17.1 Å². The molecule has 0 amide bonds. The number of piperidine rings is 1. The second-order valence-corrected chi connectivity index (χ2v) is 7.55. The summed E-state index contributed by atoms with van der Waals surface area (Å²) in [5, 5.41) is 12.5. The monoisotopic (exact) mass is 437 g/mol. The Balaban J connectivity index is 1.81. The summed E-state index contributed by atoms with van der Waals surface area (Å²) in [5.41, 5.74) is 5.00. The van der Waals surface area contributed by atoms with Crippen molar-refractivity contribution in [3.05, 3.63) is 38.9 Å². The van der Waals surface area contributed by atoms with Gasteiger partial charge in [-0.15, -0.1) is 5.92 Å². The molecule has 12 heteroatoms. The van der Waals surface area contributed by atoms with E-state index in [1.807, 2.05) is 6.07 Å². The van der Waals surface area contributed by atoms with E-state index in [1.54, 1.807) is 11.8 Å². The molecule has 0 spiro atoms. The SMILES string of the molecule is CC#CCN1c2c(n(C)c(=O)n(Oc3ncncc3C#N)c2=O)NC1N1CCCC(N)C1. The lowest BCUT2D eigenvalue weighted by Gasteiger charge is -2.39. The molecule has 2 aliphatic rings. The first-order valence-corrected chi connectivity index (χ1v) is 10.1. The maximum Gasteiger partial charge on any atom is 0.366 e. The van der Waals surface area contributed by atoms with Crippen LogP contribution < -0.4 is 32.0 Å². The van der Waals surface area contributed by atoms with Gasteiger partial charge >= 0.3 is 11.2 Å². The van der Waals surface area contributed by atoms with Crippen LogP contribution in [0.25, 0.3) is 0 Å². The normalized spacial score (nSPS) is 20.0. The predicted octanol–water partition coefficient (Wildman–Crippen LogP) is -0.987. The van der Waals surface area contributed by atoms with E-state index >= 15 is 0 Å². The molecule has 1 saturated heterocycles. The smallest absolute Gasteiger partial charge is 0.345 e. The molecule has 0 aliphatic carbocycles. The number of aromatic nitrogens is 4. The van der Waals surface area contributed by atoms with Crippen LogP contribution in [0.4, 0.5) is 11.5 Å². The summed E-state index contributed by atoms with van der Waals surface area (Å²) in [6.07, 6.45) is 3.88. The minimum Gasteiger partial charge on any atom is -0.345 e. The second kappa shape index (κ2) is 8.70. The number of hydrogen-bond donors (Lipinski definition) is 2. The third-order valence-corrected chi connectivity index (χ3v) is 5.49. The Bertz CT molecular complexity index is 1250. The highest BCUT2D eigenvalue weighted by Crippen LogP contribution is 2.32. The van der Waals surface area contributed by atoms with Crippen LogP contribution in [0.3, 0.4) is 0 Å². The quantitative estimate of drug-likeness (QED) is 0.572. The average Bonchev–Trinajstić information content (AvgIpc) is 3.19. The van der Waals surface area contributed by atoms with Gasteiger partial charge in [0.05, 0.1) is 12.7 Å². The molecule has 2 atom stereocenters. The van der Waals surface area contributed by atoms with Crippen molar-refractivity contribution < 1.29 is 4.84 Å². The Morgan fingerprint density at radius 2 is 2.22 bits per heavy atom. The van der Waals surface area contributed by atoms with Crippen LogP contribution in [0.5, 0.6) is 5.88 Å². The molecule has 1 fully saturated rings. The third kappa shape index (κ3) is 3.66. The molecule has 32 heavy (non-hydrogen) atoms. The topological polar surface area (TPSA) is 147 Å². The molecule has 12 nitrogen and oxygen atoms in total. The molecular formula is C20H23N9O3. The summed E-state index contributed by atoms with van der Waals surface area (Å²) in [4.78, 5) is 43.5. The Kier molecular flexibility index (Phi) is 5.81. The van der Waals surface area contributed by atoms with Gasteiger partial charge in [0.2, 0.25) is 0 Å². The summed E-state index contributed by atoms with van der Waals surface area (Å²) in [5.74, 6) is 6.02. The van der Waals surface area contributed by atoms with Gasteiger partial charge in [0.25, 0.3) is 5.88 Å². The number of nitriles is 1. The lowest BCUT2D eigenvalue weighted by atomic mass is 10.1. The highest BCUT2D eigenvalue weighted by atomic mass is 16.7. The zero-order valence-corrected chi connectivity index (χ0v) is 17.8. The van der Waals surface area contributed by atoms with Crippen LogP contribution in [0.2, 0.25) is 0 Å². The number of nitrogens with one attached hydrogen (secondary N) is 1. The Morgan fingerprint density at radius 1 is 1.41 bits per heavy atom. The van der Waals surface area contributed by atoms with E-state index in [0.717, 1.165) is 19.4 Å². The number of anilines is 2. The standard InChI is InChI=1S/C20H23N9O3/c1-3-4-8-28-15-16(25-19(28)27-7-5-6-14(22)11-27)26(2)20(31)29(18(15)30)32-17-13(9-21)10-23-12-24-17/h10,12,14,19,25H,5-8,11,22H2,1-2H3. The highest BCUT2D eigenvalue weighted by molar-refractivity contribution is 5.72. The number of nitrogens with two attached hydrogens (primary N) is 1. The van der Waals surface area contributed by atoms with Crippen LogP contribution in [0, 0.1) is 23.2 Å². The van der Waals surface area contributed by atoms with Crippen LogP contribution >= 0.6 is 0 Å². The van der Waals surface area contributed by atoms with Crippen molar-refractivity contribution in [2.45, 2.75) is 32.1 Å². The first-order chi connectivity index (χ1) is 15.5. The van der Waals surface area contributed by atoms with Crippen LogP contribution in [0.15, 0.2) is 22.1 Å². The summed E-state index contributed by atoms with van der Waals surface area (Å²) < 4.78 is 1.89. The summed E-state index contributed by atoms with van der Waals surface area (Å²) in [6, 6.07) is 1.91. The molecule has 3 N–H and O–H groups in total. The third-order valence-electron chi connectivity index (χ3n) is 5.49. The van der Waals surface area contributed by atoms with E-state index in [4.69, 9.17) is 10.6 Å². The second-order valence-electron chi connectivity index (χ2n) is 7.55. The molecule has 4 rings (SSSR count). The molecule has 0 bridgehead atoms. The molecule has 2 aliphatic heterocycles. The van der Waals surface area contributed by atoms with Gasteiger partial charge < -0.3 is 20.8 Å². The van der Waals surface area contributed by atoms with E-state index in [9.17, 15) is 14.9 Å². The Hall–Kier alpha value is -3.87. The van der Waals surface area contributed by atoms with Crippen molar-refractivity contribution in [1.29, 1.82) is 5.26 Å². The van der Waals surface area contributed by atoms with Gasteiger partial charge in [-0.25, -0.2) is 9.78 Å². The molecule has 0 saturated carbocycles. The van der Waals surface area contributed by atoms with Gasteiger partial charge in [-0.1, -0.05) is 10.7 Å². The van der Waals surface area contributed by atoms with Gasteiger partial charge in [-0.05, 0) is 19.8 Å². The largest absolute Gasteiger partial charge is 0.366 e. The molecule has 2 aromatic rings. The summed E-state index contributed by atoms with van der Waals surface area (Å²) in [6.45, 7) is 3.42. The van der Waals surface area contributed by atoms with Crippen LogP contribution in [-0.2, 0) is 7.05 Å². The summed E-state index contributed by atoms with van der Waals surface area (Å²) in [7, 11) is 1.53. The zero-order chi connectivity index (χ0) is 22.8. The highest BCUT2D eigenvalue weighted by Gasteiger charge is 2.39. The van der Waals surface area contributed by atoms with Crippen molar-refractivity contribution >= 4 is 11.5 Å². The van der Waals surface area contributed by atoms with Crippen LogP contribution in [0.1, 0.15) is 25.3 Å². The van der Waals surface area contributed by atoms with Gasteiger partial charge in [0, 0.05) is 26.2 Å². The lowest BCUT2D eigenvalue weighted by molar-refractivity contribution is 0.164. The lowest BCUT2D eigenvalue weighted by Crippen LogP contribution is -2.56. The fourth-order valence-electron chi connectivity index (χ4n) is 3.94. The maximum absolute atomic E-state index is 13.4. The average molecular weight is 437 g/mol. The van der Waals surface area contributed by atoms with Gasteiger partial charge in [-0.2, -0.15) is 10.2 Å². The zero-order valence-electron chi connectivity index (χ0n) is 17.8. The minimum atomic E-state index is -0.721. The Morgan fingerprint density at radius 3 is 2.94 bits per heavy atom. The van der Waals surface area contributed by atoms with Crippen molar-refractivity contribution in [3.63, 3.8) is 0 Å². The number of hydrogen-bond acceptors (Lipinski definition) is 10. The minimum absolute atomic E-state index is 0.00559. The molecule has 166 valence electrons.